The minimum atomic E-state index is -4.45. The van der Waals surface area contributed by atoms with Gasteiger partial charge < -0.3 is 20.0 Å². The van der Waals surface area contributed by atoms with Crippen LogP contribution in [-0.4, -0.2) is 70.6 Å². The highest BCUT2D eigenvalue weighted by Crippen LogP contribution is 2.31. The van der Waals surface area contributed by atoms with Gasteiger partial charge in [0.15, 0.2) is 0 Å². The molecular weight excluding hydrogens is 464 g/mol. The van der Waals surface area contributed by atoms with Crippen LogP contribution < -0.4 is 10.2 Å². The molecule has 0 aromatic carbocycles. The number of hydrogen-bond donors (Lipinski definition) is 1. The average Bonchev–Trinajstić information content (AvgIpc) is 3.31. The number of urea groups is 1. The van der Waals surface area contributed by atoms with Gasteiger partial charge in [-0.1, -0.05) is 6.07 Å². The molecule has 5 rings (SSSR count). The van der Waals surface area contributed by atoms with Crippen LogP contribution in [0.3, 0.4) is 0 Å². The zero-order valence-electron chi connectivity index (χ0n) is 19.3. The molecule has 35 heavy (non-hydrogen) atoms. The van der Waals surface area contributed by atoms with Gasteiger partial charge in [-0.05, 0) is 43.0 Å². The number of amides is 2. The van der Waals surface area contributed by atoms with Crippen LogP contribution in [0.2, 0.25) is 0 Å². The number of fused-ring (bicyclic) bond motifs is 1. The van der Waals surface area contributed by atoms with E-state index >= 15 is 0 Å². The molecule has 1 N–H and O–H groups in total. The number of anilines is 1. The lowest BCUT2D eigenvalue weighted by atomic mass is 10.0. The summed E-state index contributed by atoms with van der Waals surface area (Å²) in [5, 5.41) is 3.66. The summed E-state index contributed by atoms with van der Waals surface area (Å²) in [6.07, 6.45) is -0.493. The van der Waals surface area contributed by atoms with E-state index in [0.717, 1.165) is 44.6 Å². The first-order valence-electron chi connectivity index (χ1n) is 12.0. The molecular formula is C24H28F4N6O. The molecule has 2 aromatic rings. The SMILES string of the molecule is O=C(N1CCc2ncc(C(F)(F)F)cc2C1)N1CCC(NC2CCN(c3cccc(F)n3)CC2)C1. The monoisotopic (exact) mass is 492 g/mol. The number of alkyl halides is 3. The quantitative estimate of drug-likeness (QED) is 0.526. The molecule has 0 radical (unpaired) electrons. The molecule has 7 nitrogen and oxygen atoms in total. The number of hydrogen-bond acceptors (Lipinski definition) is 5. The van der Waals surface area contributed by atoms with Crippen LogP contribution in [0.4, 0.5) is 28.2 Å². The molecule has 11 heteroatoms. The summed E-state index contributed by atoms with van der Waals surface area (Å²) in [7, 11) is 0. The lowest BCUT2D eigenvalue weighted by Gasteiger charge is -2.35. The summed E-state index contributed by atoms with van der Waals surface area (Å²) in [6.45, 7) is 3.36. The first kappa shape index (κ1) is 23.8. The number of carbonyl (C=O) groups excluding carboxylic acids is 1. The second-order valence-electron chi connectivity index (χ2n) is 9.46. The van der Waals surface area contributed by atoms with Crippen molar-refractivity contribution in [3.8, 4) is 0 Å². The third-order valence-electron chi connectivity index (χ3n) is 7.09. The summed E-state index contributed by atoms with van der Waals surface area (Å²) in [5.74, 6) is 0.175. The van der Waals surface area contributed by atoms with E-state index in [4.69, 9.17) is 0 Å². The third kappa shape index (κ3) is 5.34. The van der Waals surface area contributed by atoms with Crippen molar-refractivity contribution in [2.75, 3.05) is 37.6 Å². The number of likely N-dealkylation sites (tertiary alicyclic amines) is 1. The van der Waals surface area contributed by atoms with Crippen LogP contribution in [0.5, 0.6) is 0 Å². The Morgan fingerprint density at radius 3 is 2.54 bits per heavy atom. The highest BCUT2D eigenvalue weighted by Gasteiger charge is 2.35. The Hall–Kier alpha value is -2.95. The minimum Gasteiger partial charge on any atom is -0.356 e. The standard InChI is InChI=1S/C24H28F4N6O/c25-21-2-1-3-22(31-21)32-8-4-18(5-9-32)30-19-6-10-34(15-19)23(35)33-11-7-20-16(14-33)12-17(13-29-20)24(26,27)28/h1-3,12-13,18-19,30H,4-11,14-15H2. The molecule has 1 unspecified atom stereocenters. The summed E-state index contributed by atoms with van der Waals surface area (Å²) in [4.78, 5) is 26.5. The van der Waals surface area contributed by atoms with Crippen molar-refractivity contribution in [2.45, 2.75) is 50.5 Å². The fourth-order valence-corrected chi connectivity index (χ4v) is 5.20. The smallest absolute Gasteiger partial charge is 0.356 e. The van der Waals surface area contributed by atoms with Gasteiger partial charge in [-0.15, -0.1) is 0 Å². The number of piperidine rings is 1. The van der Waals surface area contributed by atoms with E-state index in [1.54, 1.807) is 15.9 Å². The Balaban J connectivity index is 1.12. The average molecular weight is 493 g/mol. The topological polar surface area (TPSA) is 64.6 Å². The summed E-state index contributed by atoms with van der Waals surface area (Å²) >= 11 is 0. The van der Waals surface area contributed by atoms with Gasteiger partial charge in [-0.3, -0.25) is 4.98 Å². The molecule has 2 saturated heterocycles. The van der Waals surface area contributed by atoms with Gasteiger partial charge in [0, 0.05) is 69.7 Å². The molecule has 5 heterocycles. The van der Waals surface area contributed by atoms with Crippen molar-refractivity contribution in [2.24, 2.45) is 0 Å². The Morgan fingerprint density at radius 2 is 1.80 bits per heavy atom. The first-order chi connectivity index (χ1) is 16.8. The summed E-state index contributed by atoms with van der Waals surface area (Å²) < 4.78 is 52.6. The minimum absolute atomic E-state index is 0.135. The molecule has 188 valence electrons. The lowest BCUT2D eigenvalue weighted by molar-refractivity contribution is -0.137. The van der Waals surface area contributed by atoms with Gasteiger partial charge in [-0.25, -0.2) is 9.78 Å². The Kier molecular flexibility index (Phi) is 6.52. The second-order valence-corrected chi connectivity index (χ2v) is 9.46. The van der Waals surface area contributed by atoms with Crippen LogP contribution in [0.25, 0.3) is 0 Å². The number of nitrogens with one attached hydrogen (secondary N) is 1. The van der Waals surface area contributed by atoms with E-state index in [9.17, 15) is 22.4 Å². The zero-order valence-corrected chi connectivity index (χ0v) is 19.3. The van der Waals surface area contributed by atoms with Gasteiger partial charge >= 0.3 is 12.2 Å². The lowest BCUT2D eigenvalue weighted by Crippen LogP contribution is -2.49. The molecule has 3 aliphatic heterocycles. The first-order valence-corrected chi connectivity index (χ1v) is 12.0. The number of pyridine rings is 2. The van der Waals surface area contributed by atoms with Crippen LogP contribution in [-0.2, 0) is 19.1 Å². The highest BCUT2D eigenvalue weighted by atomic mass is 19.4. The number of aromatic nitrogens is 2. The number of nitrogens with zero attached hydrogens (tertiary/aromatic N) is 5. The Morgan fingerprint density at radius 1 is 1.03 bits per heavy atom. The number of carbonyl (C=O) groups is 1. The zero-order chi connectivity index (χ0) is 24.6. The highest BCUT2D eigenvalue weighted by molar-refractivity contribution is 5.75. The van der Waals surface area contributed by atoms with Gasteiger partial charge in [0.1, 0.15) is 5.82 Å². The van der Waals surface area contributed by atoms with Crippen molar-refractivity contribution < 1.29 is 22.4 Å². The van der Waals surface area contributed by atoms with E-state index < -0.39 is 17.7 Å². The van der Waals surface area contributed by atoms with Gasteiger partial charge in [0.25, 0.3) is 0 Å². The van der Waals surface area contributed by atoms with Crippen LogP contribution in [0.1, 0.15) is 36.1 Å². The molecule has 2 amide bonds. The van der Waals surface area contributed by atoms with E-state index in [1.807, 2.05) is 6.07 Å². The van der Waals surface area contributed by atoms with Crippen molar-refractivity contribution in [3.63, 3.8) is 0 Å². The van der Waals surface area contributed by atoms with E-state index in [-0.39, 0.29) is 18.6 Å². The number of halogens is 4. The molecule has 0 bridgehead atoms. The predicted octanol–water partition coefficient (Wildman–Crippen LogP) is 3.45. The molecule has 0 saturated carbocycles. The van der Waals surface area contributed by atoms with Gasteiger partial charge in [0.2, 0.25) is 5.95 Å². The van der Waals surface area contributed by atoms with Crippen LogP contribution in [0, 0.1) is 5.95 Å². The van der Waals surface area contributed by atoms with Crippen molar-refractivity contribution >= 4 is 11.8 Å². The second kappa shape index (κ2) is 9.60. The van der Waals surface area contributed by atoms with Gasteiger partial charge in [-0.2, -0.15) is 17.6 Å². The molecule has 0 aliphatic carbocycles. The number of rotatable bonds is 3. The third-order valence-corrected chi connectivity index (χ3v) is 7.09. The Labute approximate surface area is 201 Å². The molecule has 1 atom stereocenters. The summed E-state index contributed by atoms with van der Waals surface area (Å²) in [5.41, 5.74) is 0.311. The largest absolute Gasteiger partial charge is 0.417 e. The Bertz CT molecular complexity index is 1070. The molecule has 0 spiro atoms. The fourth-order valence-electron chi connectivity index (χ4n) is 5.20. The molecule has 2 aromatic heterocycles. The van der Waals surface area contributed by atoms with Gasteiger partial charge in [0.05, 0.1) is 5.56 Å². The van der Waals surface area contributed by atoms with E-state index in [1.165, 1.54) is 6.07 Å². The van der Waals surface area contributed by atoms with E-state index in [2.05, 4.69) is 20.2 Å². The normalized spacial score (nSPS) is 21.4. The van der Waals surface area contributed by atoms with Crippen molar-refractivity contribution in [1.29, 1.82) is 0 Å². The van der Waals surface area contributed by atoms with Crippen LogP contribution >= 0.6 is 0 Å². The van der Waals surface area contributed by atoms with Crippen LogP contribution in [0.15, 0.2) is 30.5 Å². The maximum atomic E-state index is 13.4. The maximum absolute atomic E-state index is 13.4. The summed E-state index contributed by atoms with van der Waals surface area (Å²) in [6, 6.07) is 6.29. The van der Waals surface area contributed by atoms with Crippen molar-refractivity contribution in [3.05, 3.63) is 53.2 Å². The molecule has 3 aliphatic rings. The predicted molar refractivity (Wildman–Crippen MR) is 121 cm³/mol. The van der Waals surface area contributed by atoms with Crippen molar-refractivity contribution in [1.82, 2.24) is 25.1 Å². The van der Waals surface area contributed by atoms with E-state index in [0.29, 0.717) is 49.2 Å². The maximum Gasteiger partial charge on any atom is 0.417 e. The molecule has 2 fully saturated rings. The fraction of sp³-hybridized carbons (Fsp3) is 0.542.